The van der Waals surface area contributed by atoms with Gasteiger partial charge in [-0.3, -0.25) is 4.90 Å². The molecule has 9 heteroatoms. The molecule has 0 saturated carbocycles. The summed E-state index contributed by atoms with van der Waals surface area (Å²) in [6, 6.07) is 21.6. The van der Waals surface area contributed by atoms with Crippen LogP contribution in [-0.2, 0) is 5.60 Å². The second-order valence-electron chi connectivity index (χ2n) is 12.2. The zero-order valence-corrected chi connectivity index (χ0v) is 25.2. The molecule has 3 heterocycles. The lowest BCUT2D eigenvalue weighted by atomic mass is 9.81. The highest BCUT2D eigenvalue weighted by Crippen LogP contribution is 2.51. The molecule has 0 aliphatic carbocycles. The van der Waals surface area contributed by atoms with Crippen LogP contribution in [-0.4, -0.2) is 61.8 Å². The monoisotopic (exact) mass is 596 g/mol. The van der Waals surface area contributed by atoms with Gasteiger partial charge in [0.05, 0.1) is 11.7 Å². The Balaban J connectivity index is 1.37. The van der Waals surface area contributed by atoms with Gasteiger partial charge < -0.3 is 20.4 Å². The highest BCUT2D eigenvalue weighted by atomic mass is 35.5. The van der Waals surface area contributed by atoms with Crippen molar-refractivity contribution in [3.05, 3.63) is 93.6 Å². The van der Waals surface area contributed by atoms with Crippen LogP contribution in [0.3, 0.4) is 0 Å². The number of amides is 1. The summed E-state index contributed by atoms with van der Waals surface area (Å²) < 4.78 is 0. The molecule has 0 spiro atoms. The third-order valence-corrected chi connectivity index (χ3v) is 9.12. The Labute approximate surface area is 252 Å². The van der Waals surface area contributed by atoms with Gasteiger partial charge in [0.1, 0.15) is 11.4 Å². The van der Waals surface area contributed by atoms with Crippen molar-refractivity contribution in [3.63, 3.8) is 0 Å². The Morgan fingerprint density at radius 1 is 1.00 bits per heavy atom. The lowest BCUT2D eigenvalue weighted by molar-refractivity contribution is -0.0683. The normalized spacial score (nSPS) is 22.6. The number of hydrogen-bond donors (Lipinski definition) is 3. The quantitative estimate of drug-likeness (QED) is 0.255. The zero-order chi connectivity index (χ0) is 29.4. The molecule has 41 heavy (non-hydrogen) atoms. The van der Waals surface area contributed by atoms with Crippen molar-refractivity contribution in [3.8, 4) is 0 Å². The molecule has 2 saturated heterocycles. The molecule has 2 aliphatic rings. The molecule has 2 aliphatic heterocycles. The molecule has 3 aromatic rings. The van der Waals surface area contributed by atoms with Crippen LogP contribution in [0, 0.1) is 0 Å². The predicted molar refractivity (Wildman–Crippen MR) is 164 cm³/mol. The van der Waals surface area contributed by atoms with E-state index in [1.165, 1.54) is 4.90 Å². The number of benzene rings is 2. The van der Waals surface area contributed by atoms with Crippen LogP contribution in [0.1, 0.15) is 69.3 Å². The lowest BCUT2D eigenvalue weighted by Crippen LogP contribution is -2.51. The Morgan fingerprint density at radius 3 is 2.07 bits per heavy atom. The number of rotatable bonds is 8. The van der Waals surface area contributed by atoms with E-state index in [9.17, 15) is 15.0 Å². The van der Waals surface area contributed by atoms with Crippen molar-refractivity contribution in [2.24, 2.45) is 0 Å². The van der Waals surface area contributed by atoms with E-state index in [-0.39, 0.29) is 18.1 Å². The Bertz CT molecular complexity index is 1340. The summed E-state index contributed by atoms with van der Waals surface area (Å²) >= 11 is 13.5. The standard InChI is InChI=1S/C32H38Cl2N4O3/c1-31(2,3)37(30(39)40)18-17-35-28-14-8-13-27(36-28)32(41)19-21-15-16-22(20-32)38(21)29(23-9-4-6-11-25(23)33)24-10-5-7-12-26(24)34/h4-14,21-22,29,41H,15-20H2,1-3H3,(H,35,36)(H,39,40). The number of aliphatic hydroxyl groups is 1. The minimum absolute atomic E-state index is 0.116. The highest BCUT2D eigenvalue weighted by Gasteiger charge is 2.51. The number of fused-ring (bicyclic) bond motifs is 2. The number of halogens is 2. The van der Waals surface area contributed by atoms with Crippen LogP contribution in [0.2, 0.25) is 10.0 Å². The number of anilines is 1. The number of nitrogens with one attached hydrogen (secondary N) is 1. The molecule has 7 nitrogen and oxygen atoms in total. The number of carbonyl (C=O) groups is 1. The van der Waals surface area contributed by atoms with Gasteiger partial charge in [0.25, 0.3) is 0 Å². The predicted octanol–water partition coefficient (Wildman–Crippen LogP) is 7.18. The number of hydrogen-bond acceptors (Lipinski definition) is 5. The minimum Gasteiger partial charge on any atom is -0.465 e. The summed E-state index contributed by atoms with van der Waals surface area (Å²) in [6.07, 6.45) is 2.07. The molecule has 218 valence electrons. The molecule has 0 radical (unpaired) electrons. The smallest absolute Gasteiger partial charge is 0.407 e. The zero-order valence-electron chi connectivity index (χ0n) is 23.7. The first kappa shape index (κ1) is 29.6. The fourth-order valence-electron chi connectivity index (χ4n) is 6.58. The molecule has 3 N–H and O–H groups in total. The molecule has 5 rings (SSSR count). The van der Waals surface area contributed by atoms with Gasteiger partial charge in [-0.15, -0.1) is 0 Å². The summed E-state index contributed by atoms with van der Waals surface area (Å²) in [6.45, 7) is 6.35. The van der Waals surface area contributed by atoms with Gasteiger partial charge in [0.15, 0.2) is 0 Å². The first-order valence-corrected chi connectivity index (χ1v) is 14.9. The summed E-state index contributed by atoms with van der Waals surface area (Å²) in [5, 5.41) is 26.3. The fraction of sp³-hybridized carbons (Fsp3) is 0.438. The maximum atomic E-state index is 12.0. The van der Waals surface area contributed by atoms with Crippen LogP contribution in [0.25, 0.3) is 0 Å². The van der Waals surface area contributed by atoms with Gasteiger partial charge in [-0.05, 0) is 81.8 Å². The van der Waals surface area contributed by atoms with Gasteiger partial charge in [-0.25, -0.2) is 9.78 Å². The average molecular weight is 598 g/mol. The number of carboxylic acid groups (broad SMARTS) is 1. The molecule has 2 fully saturated rings. The largest absolute Gasteiger partial charge is 0.465 e. The Hall–Kier alpha value is -2.84. The average Bonchev–Trinajstić information content (AvgIpc) is 3.18. The van der Waals surface area contributed by atoms with Crippen molar-refractivity contribution in [1.29, 1.82) is 0 Å². The van der Waals surface area contributed by atoms with E-state index in [0.29, 0.717) is 47.5 Å². The summed E-state index contributed by atoms with van der Waals surface area (Å²) in [4.78, 5) is 20.4. The van der Waals surface area contributed by atoms with E-state index >= 15 is 0 Å². The molecule has 2 atom stereocenters. The molecule has 1 aromatic heterocycles. The van der Waals surface area contributed by atoms with Gasteiger partial charge in [0.2, 0.25) is 0 Å². The van der Waals surface area contributed by atoms with Gasteiger partial charge >= 0.3 is 6.09 Å². The third kappa shape index (κ3) is 6.19. The lowest BCUT2D eigenvalue weighted by Gasteiger charge is -2.47. The maximum absolute atomic E-state index is 12.0. The number of nitrogens with zero attached hydrogens (tertiary/aromatic N) is 3. The van der Waals surface area contributed by atoms with E-state index in [1.807, 2.05) is 75.4 Å². The number of piperidine rings is 1. The molecule has 2 aromatic carbocycles. The first-order valence-electron chi connectivity index (χ1n) is 14.2. The van der Waals surface area contributed by atoms with Crippen LogP contribution in [0.4, 0.5) is 10.6 Å². The highest BCUT2D eigenvalue weighted by molar-refractivity contribution is 6.32. The van der Waals surface area contributed by atoms with Crippen LogP contribution in [0.15, 0.2) is 66.7 Å². The topological polar surface area (TPSA) is 88.9 Å². The van der Waals surface area contributed by atoms with Gasteiger partial charge in [-0.1, -0.05) is 65.7 Å². The molecule has 1 amide bonds. The third-order valence-electron chi connectivity index (χ3n) is 8.43. The summed E-state index contributed by atoms with van der Waals surface area (Å²) in [5.41, 5.74) is 1.08. The first-order chi connectivity index (χ1) is 19.5. The fourth-order valence-corrected chi connectivity index (χ4v) is 7.06. The van der Waals surface area contributed by atoms with Crippen LogP contribution in [0.5, 0.6) is 0 Å². The summed E-state index contributed by atoms with van der Waals surface area (Å²) in [7, 11) is 0. The van der Waals surface area contributed by atoms with Crippen molar-refractivity contribution in [2.45, 2.75) is 75.7 Å². The van der Waals surface area contributed by atoms with Crippen molar-refractivity contribution >= 4 is 35.1 Å². The van der Waals surface area contributed by atoms with E-state index in [0.717, 1.165) is 24.0 Å². The Kier molecular flexibility index (Phi) is 8.53. The van der Waals surface area contributed by atoms with Gasteiger partial charge in [0, 0.05) is 40.8 Å². The van der Waals surface area contributed by atoms with E-state index < -0.39 is 17.2 Å². The Morgan fingerprint density at radius 2 is 1.56 bits per heavy atom. The second kappa shape index (κ2) is 11.8. The maximum Gasteiger partial charge on any atom is 0.407 e. The van der Waals surface area contributed by atoms with Crippen LogP contribution >= 0.6 is 23.2 Å². The van der Waals surface area contributed by atoms with E-state index in [1.54, 1.807) is 0 Å². The van der Waals surface area contributed by atoms with Crippen LogP contribution < -0.4 is 5.32 Å². The molecular weight excluding hydrogens is 559 g/mol. The van der Waals surface area contributed by atoms with E-state index in [4.69, 9.17) is 28.2 Å². The minimum atomic E-state index is -1.08. The summed E-state index contributed by atoms with van der Waals surface area (Å²) in [5.74, 6) is 0.620. The molecule has 2 unspecified atom stereocenters. The SMILES string of the molecule is CC(C)(C)N(CCNc1cccc(C2(O)CC3CCC(C2)N3C(c2ccccc2Cl)c2ccccc2Cl)n1)C(=O)O. The van der Waals surface area contributed by atoms with Gasteiger partial charge in [-0.2, -0.15) is 0 Å². The second-order valence-corrected chi connectivity index (χ2v) is 13.0. The molecule has 2 bridgehead atoms. The molecular formula is C32H38Cl2N4O3. The van der Waals surface area contributed by atoms with E-state index in [2.05, 4.69) is 22.3 Å². The van der Waals surface area contributed by atoms with Crippen molar-refractivity contribution in [2.75, 3.05) is 18.4 Å². The van der Waals surface area contributed by atoms with Crippen molar-refractivity contribution in [1.82, 2.24) is 14.8 Å². The van der Waals surface area contributed by atoms with Crippen molar-refractivity contribution < 1.29 is 15.0 Å². The number of pyridine rings is 1. The number of aromatic nitrogens is 1.